The Morgan fingerprint density at radius 2 is 1.95 bits per heavy atom. The highest BCUT2D eigenvalue weighted by Gasteiger charge is 2.19. The van der Waals surface area contributed by atoms with E-state index in [0.29, 0.717) is 17.1 Å². The molecule has 0 spiro atoms. The van der Waals surface area contributed by atoms with Gasteiger partial charge in [0.05, 0.1) is 20.4 Å². The van der Waals surface area contributed by atoms with E-state index < -0.39 is 12.2 Å². The van der Waals surface area contributed by atoms with Crippen molar-refractivity contribution in [3.63, 3.8) is 0 Å². The number of hydrogen-bond donors (Lipinski definition) is 0. The molecule has 0 aliphatic heterocycles. The average Bonchev–Trinajstić information content (AvgIpc) is 2.95. The lowest BCUT2D eigenvalue weighted by Crippen LogP contribution is -2.00. The maximum Gasteiger partial charge on any atom is 0.299 e. The van der Waals surface area contributed by atoms with Crippen LogP contribution in [0.1, 0.15) is 17.8 Å². The van der Waals surface area contributed by atoms with E-state index in [1.165, 1.54) is 32.2 Å². The molecule has 1 heterocycles. The predicted octanol–water partition coefficient (Wildman–Crippen LogP) is 2.84. The predicted molar refractivity (Wildman–Crippen MR) is 79.3 cm³/mol. The number of alkyl halides is 2. The summed E-state index contributed by atoms with van der Waals surface area (Å²) in [7, 11) is 3.04. The molecule has 6 nitrogen and oxygen atoms in total. The van der Waals surface area contributed by atoms with Crippen molar-refractivity contribution in [3.8, 4) is 11.5 Å². The summed E-state index contributed by atoms with van der Waals surface area (Å²) in [5, 5.41) is 11.4. The number of thioether (sulfide) groups is 1. The van der Waals surface area contributed by atoms with Crippen molar-refractivity contribution in [1.82, 2.24) is 14.9 Å². The van der Waals surface area contributed by atoms with Crippen LogP contribution < -0.4 is 9.47 Å². The first kappa shape index (κ1) is 16.2. The highest BCUT2D eigenvalue weighted by Crippen LogP contribution is 2.27. The first-order chi connectivity index (χ1) is 10.6. The van der Waals surface area contributed by atoms with E-state index in [1.54, 1.807) is 24.5 Å². The number of hydrogen-bond acceptors (Lipinski definition) is 6. The number of benzene rings is 1. The van der Waals surface area contributed by atoms with Crippen molar-refractivity contribution in [2.45, 2.75) is 11.6 Å². The summed E-state index contributed by atoms with van der Waals surface area (Å²) in [6, 6.07) is 5.12. The van der Waals surface area contributed by atoms with Crippen LogP contribution in [0.5, 0.6) is 11.5 Å². The van der Waals surface area contributed by atoms with E-state index in [9.17, 15) is 8.78 Å². The van der Waals surface area contributed by atoms with E-state index >= 15 is 0 Å². The van der Waals surface area contributed by atoms with Crippen LogP contribution in [0.3, 0.4) is 0 Å². The number of methoxy groups -OCH3 is 2. The number of aromatic nitrogens is 3. The van der Waals surface area contributed by atoms with Gasteiger partial charge in [0, 0.05) is 0 Å². The molecule has 0 saturated carbocycles. The van der Waals surface area contributed by atoms with Gasteiger partial charge >= 0.3 is 0 Å². The van der Waals surface area contributed by atoms with Gasteiger partial charge in [0.2, 0.25) is 11.0 Å². The Labute approximate surface area is 130 Å². The van der Waals surface area contributed by atoms with Gasteiger partial charge in [0.1, 0.15) is 0 Å². The molecule has 0 bridgehead atoms. The molecule has 0 atom stereocenters. The molecule has 1 aromatic heterocycles. The minimum absolute atomic E-state index is 0.284. The highest BCUT2D eigenvalue weighted by atomic mass is 32.2. The SMILES string of the molecule is COc1ccc(/C=N/n2c(SC)nnc2C(F)F)cc1OC. The molecule has 0 N–H and O–H groups in total. The number of nitrogens with zero attached hydrogens (tertiary/aromatic N) is 4. The van der Waals surface area contributed by atoms with Crippen LogP contribution in [-0.4, -0.2) is 41.6 Å². The fraction of sp³-hybridized carbons (Fsp3) is 0.308. The molecule has 22 heavy (non-hydrogen) atoms. The number of ether oxygens (including phenoxy) is 2. The molecule has 1 aromatic carbocycles. The highest BCUT2D eigenvalue weighted by molar-refractivity contribution is 7.98. The third kappa shape index (κ3) is 3.35. The van der Waals surface area contributed by atoms with E-state index in [4.69, 9.17) is 9.47 Å². The molecule has 2 aromatic rings. The van der Waals surface area contributed by atoms with Gasteiger partial charge in [-0.2, -0.15) is 9.78 Å². The normalized spacial score (nSPS) is 11.4. The molecule has 118 valence electrons. The molecule has 0 unspecified atom stereocenters. The van der Waals surface area contributed by atoms with Gasteiger partial charge < -0.3 is 9.47 Å². The maximum absolute atomic E-state index is 12.9. The van der Waals surface area contributed by atoms with E-state index in [2.05, 4.69) is 15.3 Å². The lowest BCUT2D eigenvalue weighted by Gasteiger charge is -2.07. The molecule has 0 aliphatic carbocycles. The third-order valence-electron chi connectivity index (χ3n) is 2.74. The molecule has 0 radical (unpaired) electrons. The quantitative estimate of drug-likeness (QED) is 0.603. The summed E-state index contributed by atoms with van der Waals surface area (Å²) in [5.41, 5.74) is 0.665. The maximum atomic E-state index is 12.9. The van der Waals surface area contributed by atoms with Gasteiger partial charge in [-0.15, -0.1) is 10.2 Å². The van der Waals surface area contributed by atoms with Crippen molar-refractivity contribution in [2.75, 3.05) is 20.5 Å². The molecular weight excluding hydrogens is 314 g/mol. The minimum Gasteiger partial charge on any atom is -0.493 e. The molecule has 9 heteroatoms. The first-order valence-electron chi connectivity index (χ1n) is 6.14. The largest absolute Gasteiger partial charge is 0.493 e. The Morgan fingerprint density at radius 3 is 2.55 bits per heavy atom. The van der Waals surface area contributed by atoms with Crippen LogP contribution in [0, 0.1) is 0 Å². The van der Waals surface area contributed by atoms with E-state index in [0.717, 1.165) is 4.68 Å². The van der Waals surface area contributed by atoms with Crippen LogP contribution in [0.25, 0.3) is 0 Å². The second kappa shape index (κ2) is 7.21. The van der Waals surface area contributed by atoms with Gasteiger partial charge in [0.15, 0.2) is 11.5 Å². The van der Waals surface area contributed by atoms with Gasteiger partial charge in [-0.05, 0) is 30.0 Å². The van der Waals surface area contributed by atoms with Crippen molar-refractivity contribution in [2.24, 2.45) is 5.10 Å². The first-order valence-corrected chi connectivity index (χ1v) is 7.37. The standard InChI is InChI=1S/C13H14F2N4O2S/c1-20-9-5-4-8(6-10(9)21-2)7-16-19-12(11(14)15)17-18-13(19)22-3/h4-7,11H,1-3H3/b16-7+. The van der Waals surface area contributed by atoms with Crippen molar-refractivity contribution >= 4 is 18.0 Å². The summed E-state index contributed by atoms with van der Waals surface area (Å²) in [6.45, 7) is 0. The molecule has 2 rings (SSSR count). The zero-order valence-electron chi connectivity index (χ0n) is 12.2. The fourth-order valence-corrected chi connectivity index (χ4v) is 2.14. The van der Waals surface area contributed by atoms with Crippen molar-refractivity contribution in [1.29, 1.82) is 0 Å². The van der Waals surface area contributed by atoms with Crippen LogP contribution in [0.4, 0.5) is 8.78 Å². The fourth-order valence-electron chi connectivity index (χ4n) is 1.71. The van der Waals surface area contributed by atoms with Gasteiger partial charge in [-0.25, -0.2) is 8.78 Å². The Hall–Kier alpha value is -2.16. The van der Waals surface area contributed by atoms with Crippen LogP contribution in [0.15, 0.2) is 28.5 Å². The molecule has 0 saturated heterocycles. The lowest BCUT2D eigenvalue weighted by atomic mass is 10.2. The molecule has 0 aliphatic rings. The van der Waals surface area contributed by atoms with Crippen LogP contribution >= 0.6 is 11.8 Å². The second-order valence-electron chi connectivity index (χ2n) is 4.02. The average molecular weight is 328 g/mol. The summed E-state index contributed by atoms with van der Waals surface area (Å²) >= 11 is 1.18. The summed E-state index contributed by atoms with van der Waals surface area (Å²) in [4.78, 5) is 0. The monoisotopic (exact) mass is 328 g/mol. The Bertz CT molecular complexity index is 676. The summed E-state index contributed by atoms with van der Waals surface area (Å²) in [6.07, 6.45) is 0.384. The van der Waals surface area contributed by atoms with Gasteiger partial charge in [0.25, 0.3) is 6.43 Å². The molecular formula is C13H14F2N4O2S. The van der Waals surface area contributed by atoms with Crippen LogP contribution in [0.2, 0.25) is 0 Å². The summed E-state index contributed by atoms with van der Waals surface area (Å²) in [5.74, 6) is 0.595. The number of halogens is 2. The second-order valence-corrected chi connectivity index (χ2v) is 4.79. The summed E-state index contributed by atoms with van der Waals surface area (Å²) < 4.78 is 37.1. The van der Waals surface area contributed by atoms with Gasteiger partial charge in [-0.3, -0.25) is 0 Å². The number of rotatable bonds is 6. The Balaban J connectivity index is 2.34. The zero-order chi connectivity index (χ0) is 16.1. The minimum atomic E-state index is -2.75. The lowest BCUT2D eigenvalue weighted by molar-refractivity contribution is 0.135. The molecule has 0 amide bonds. The Morgan fingerprint density at radius 1 is 1.23 bits per heavy atom. The van der Waals surface area contributed by atoms with E-state index in [1.807, 2.05) is 0 Å². The molecule has 0 fully saturated rings. The Kier molecular flexibility index (Phi) is 5.31. The topological polar surface area (TPSA) is 61.5 Å². The zero-order valence-corrected chi connectivity index (χ0v) is 13.0. The van der Waals surface area contributed by atoms with Gasteiger partial charge in [-0.1, -0.05) is 11.8 Å². The third-order valence-corrected chi connectivity index (χ3v) is 3.36. The van der Waals surface area contributed by atoms with E-state index in [-0.39, 0.29) is 5.16 Å². The van der Waals surface area contributed by atoms with Crippen molar-refractivity contribution in [3.05, 3.63) is 29.6 Å². The smallest absolute Gasteiger partial charge is 0.299 e. The van der Waals surface area contributed by atoms with Crippen molar-refractivity contribution < 1.29 is 18.3 Å². The van der Waals surface area contributed by atoms with Crippen LogP contribution in [-0.2, 0) is 0 Å².